The highest BCUT2D eigenvalue weighted by Gasteiger charge is 2.33. The van der Waals surface area contributed by atoms with E-state index in [-0.39, 0.29) is 11.9 Å². The van der Waals surface area contributed by atoms with E-state index in [1.807, 2.05) is 0 Å². The Kier molecular flexibility index (Phi) is 4.45. The molecule has 0 saturated heterocycles. The first-order chi connectivity index (χ1) is 9.89. The lowest BCUT2D eigenvalue weighted by atomic mass is 10.2. The highest BCUT2D eigenvalue weighted by molar-refractivity contribution is 6.08. The van der Waals surface area contributed by atoms with Crippen molar-refractivity contribution < 1.29 is 20.4 Å². The first-order valence-corrected chi connectivity index (χ1v) is 6.58. The van der Waals surface area contributed by atoms with Crippen LogP contribution in [0.3, 0.4) is 0 Å². The van der Waals surface area contributed by atoms with Gasteiger partial charge in [0.1, 0.15) is 17.0 Å². The summed E-state index contributed by atoms with van der Waals surface area (Å²) < 4.78 is 17.9. The average molecular weight is 295 g/mol. The summed E-state index contributed by atoms with van der Waals surface area (Å²) in [4.78, 5) is 29.2. The highest BCUT2D eigenvalue weighted by Crippen LogP contribution is 2.19. The molecule has 0 fully saturated rings. The van der Waals surface area contributed by atoms with E-state index in [0.29, 0.717) is 0 Å². The van der Waals surface area contributed by atoms with E-state index in [9.17, 15) is 9.59 Å². The van der Waals surface area contributed by atoms with Crippen molar-refractivity contribution in [2.45, 2.75) is 52.7 Å². The molecule has 1 aromatic rings. The third kappa shape index (κ3) is 5.81. The Morgan fingerprint density at radius 2 is 1.57 bits per heavy atom. The molecule has 0 saturated carbocycles. The Balaban J connectivity index is 3.12. The molecule has 0 aliphatic heterocycles. The van der Waals surface area contributed by atoms with Gasteiger partial charge in [0.2, 0.25) is 0 Å². The molecule has 0 N–H and O–H groups in total. The minimum atomic E-state index is -0.882. The predicted octanol–water partition coefficient (Wildman–Crippen LogP) is 3.76. The fraction of sp³-hybridized carbons (Fsp3) is 0.533. The summed E-state index contributed by atoms with van der Waals surface area (Å²) in [5.41, 5.74) is -1.54. The fourth-order valence-corrected chi connectivity index (χ4v) is 1.32. The number of hydrogen-bond acceptors (Lipinski definition) is 5. The van der Waals surface area contributed by atoms with E-state index in [1.165, 1.54) is 18.3 Å². The minimum absolute atomic E-state index is 0.0412. The molecule has 0 spiro atoms. The van der Waals surface area contributed by atoms with Crippen LogP contribution in [-0.4, -0.2) is 28.4 Å². The van der Waals surface area contributed by atoms with Crippen molar-refractivity contribution in [3.05, 3.63) is 24.4 Å². The molecule has 116 valence electrons. The molecule has 0 unspecified atom stereocenters. The molecule has 0 bridgehead atoms. The first kappa shape index (κ1) is 15.3. The summed E-state index contributed by atoms with van der Waals surface area (Å²) in [5.74, 6) is 0.0412. The van der Waals surface area contributed by atoms with Gasteiger partial charge in [0.05, 0.1) is 1.37 Å². The van der Waals surface area contributed by atoms with E-state index in [0.717, 1.165) is 4.90 Å². The largest absolute Gasteiger partial charge is 0.443 e. The van der Waals surface area contributed by atoms with Gasteiger partial charge in [-0.15, -0.1) is 0 Å². The van der Waals surface area contributed by atoms with Gasteiger partial charge in [-0.3, -0.25) is 0 Å². The number of amides is 2. The SMILES string of the molecule is [2H]c1ccc(N(C(=O)OC(C)(C)C)C(=O)OC(C)(C)C)nc1. The third-order valence-corrected chi connectivity index (χ3v) is 1.98. The molecule has 1 heterocycles. The van der Waals surface area contributed by atoms with Crippen molar-refractivity contribution >= 4 is 18.0 Å². The summed E-state index contributed by atoms with van der Waals surface area (Å²) in [6, 6.07) is 2.97. The molecule has 0 aliphatic carbocycles. The van der Waals surface area contributed by atoms with Gasteiger partial charge >= 0.3 is 12.2 Å². The van der Waals surface area contributed by atoms with Crippen LogP contribution in [0.2, 0.25) is 0 Å². The smallest absolute Gasteiger partial charge is 0.425 e. The number of carbonyl (C=O) groups is 2. The number of aromatic nitrogens is 1. The number of hydrogen-bond donors (Lipinski definition) is 0. The molecule has 0 aliphatic rings. The van der Waals surface area contributed by atoms with Crippen LogP contribution in [0.5, 0.6) is 0 Å². The quantitative estimate of drug-likeness (QED) is 0.789. The lowest BCUT2D eigenvalue weighted by Crippen LogP contribution is -2.44. The van der Waals surface area contributed by atoms with Gasteiger partial charge in [0, 0.05) is 6.20 Å². The molecule has 1 aromatic heterocycles. The maximum atomic E-state index is 12.3. The zero-order chi connectivity index (χ0) is 17.1. The van der Waals surface area contributed by atoms with E-state index in [4.69, 9.17) is 10.8 Å². The summed E-state index contributed by atoms with van der Waals surface area (Å²) >= 11 is 0. The maximum Gasteiger partial charge on any atom is 0.425 e. The number of carbonyl (C=O) groups excluding carboxylic acids is 2. The second-order valence-corrected chi connectivity index (χ2v) is 6.41. The zero-order valence-corrected chi connectivity index (χ0v) is 13.3. The molecule has 6 heteroatoms. The van der Waals surface area contributed by atoms with Crippen LogP contribution in [0.4, 0.5) is 15.4 Å². The van der Waals surface area contributed by atoms with Gasteiger partial charge in [-0.2, -0.15) is 4.90 Å². The van der Waals surface area contributed by atoms with Crippen molar-refractivity contribution in [1.29, 1.82) is 0 Å². The Morgan fingerprint density at radius 1 is 1.10 bits per heavy atom. The Labute approximate surface area is 126 Å². The molecular formula is C15H22N2O4. The molecule has 2 amide bonds. The normalized spacial score (nSPS) is 12.4. The van der Waals surface area contributed by atoms with E-state index < -0.39 is 23.4 Å². The lowest BCUT2D eigenvalue weighted by Gasteiger charge is -2.27. The number of nitrogens with zero attached hydrogens (tertiary/aromatic N) is 2. The van der Waals surface area contributed by atoms with Crippen LogP contribution in [-0.2, 0) is 9.47 Å². The Bertz CT molecular complexity index is 516. The number of ether oxygens (including phenoxy) is 2. The Hall–Kier alpha value is -2.11. The number of pyridine rings is 1. The zero-order valence-electron chi connectivity index (χ0n) is 14.3. The van der Waals surface area contributed by atoms with Gasteiger partial charge in [0.15, 0.2) is 0 Å². The van der Waals surface area contributed by atoms with Crippen LogP contribution in [0, 0.1) is 0 Å². The van der Waals surface area contributed by atoms with Gasteiger partial charge < -0.3 is 9.47 Å². The summed E-state index contributed by atoms with van der Waals surface area (Å²) in [6.45, 7) is 10.2. The number of rotatable bonds is 1. The van der Waals surface area contributed by atoms with Crippen molar-refractivity contribution in [2.24, 2.45) is 0 Å². The van der Waals surface area contributed by atoms with Gasteiger partial charge in [-0.05, 0) is 53.7 Å². The minimum Gasteiger partial charge on any atom is -0.443 e. The molecule has 21 heavy (non-hydrogen) atoms. The molecule has 0 radical (unpaired) electrons. The molecule has 1 rings (SSSR count). The van der Waals surface area contributed by atoms with Crippen molar-refractivity contribution in [3.63, 3.8) is 0 Å². The topological polar surface area (TPSA) is 68.7 Å². The van der Waals surface area contributed by atoms with E-state index >= 15 is 0 Å². The van der Waals surface area contributed by atoms with Crippen LogP contribution in [0.15, 0.2) is 24.4 Å². The number of anilines is 1. The third-order valence-electron chi connectivity index (χ3n) is 1.98. The Morgan fingerprint density at radius 3 is 1.90 bits per heavy atom. The second kappa shape index (κ2) is 6.11. The highest BCUT2D eigenvalue weighted by atomic mass is 16.6. The molecule has 0 atom stereocenters. The van der Waals surface area contributed by atoms with Crippen LogP contribution < -0.4 is 4.90 Å². The standard InChI is InChI=1S/C15H22N2O4/c1-14(2,3)20-12(18)17(11-9-7-8-10-16-11)13(19)21-15(4,5)6/h7-10H,1-6H3/i8D. The first-order valence-electron chi connectivity index (χ1n) is 7.08. The van der Waals surface area contributed by atoms with Gasteiger partial charge in [0.25, 0.3) is 0 Å². The van der Waals surface area contributed by atoms with Crippen molar-refractivity contribution in [3.8, 4) is 0 Å². The molecule has 6 nitrogen and oxygen atoms in total. The molecular weight excluding hydrogens is 272 g/mol. The second-order valence-electron chi connectivity index (χ2n) is 6.41. The monoisotopic (exact) mass is 295 g/mol. The summed E-state index contributed by atoms with van der Waals surface area (Å²) in [5, 5.41) is 0. The van der Waals surface area contributed by atoms with Crippen LogP contribution in [0.25, 0.3) is 0 Å². The van der Waals surface area contributed by atoms with E-state index in [2.05, 4.69) is 4.98 Å². The average Bonchev–Trinajstić information content (AvgIpc) is 2.27. The van der Waals surface area contributed by atoms with Crippen molar-refractivity contribution in [2.75, 3.05) is 4.90 Å². The van der Waals surface area contributed by atoms with Crippen molar-refractivity contribution in [1.82, 2.24) is 4.98 Å². The van der Waals surface area contributed by atoms with Gasteiger partial charge in [-0.25, -0.2) is 14.6 Å². The van der Waals surface area contributed by atoms with Crippen LogP contribution >= 0.6 is 0 Å². The maximum absolute atomic E-state index is 12.3. The lowest BCUT2D eigenvalue weighted by molar-refractivity contribution is 0.0429. The van der Waals surface area contributed by atoms with E-state index in [1.54, 1.807) is 41.5 Å². The van der Waals surface area contributed by atoms with Crippen LogP contribution in [0.1, 0.15) is 42.9 Å². The number of imide groups is 1. The fourth-order valence-electron chi connectivity index (χ4n) is 1.32. The summed E-state index contributed by atoms with van der Waals surface area (Å²) in [7, 11) is 0. The molecule has 0 aromatic carbocycles. The summed E-state index contributed by atoms with van der Waals surface area (Å²) in [6.07, 6.45) is -0.532. The predicted molar refractivity (Wildman–Crippen MR) is 79.2 cm³/mol. The van der Waals surface area contributed by atoms with Gasteiger partial charge in [-0.1, -0.05) is 6.07 Å².